The molecule has 0 unspecified atom stereocenters. The van der Waals surface area contributed by atoms with Gasteiger partial charge in [-0.1, -0.05) is 13.0 Å². The van der Waals surface area contributed by atoms with Crippen molar-refractivity contribution in [1.82, 2.24) is 9.97 Å². The van der Waals surface area contributed by atoms with Crippen LogP contribution < -0.4 is 0 Å². The number of nitrogens with one attached hydrogen (secondary N) is 1. The second-order valence-corrected chi connectivity index (χ2v) is 5.10. The fourth-order valence-electron chi connectivity index (χ4n) is 1.93. The van der Waals surface area contributed by atoms with Crippen molar-refractivity contribution in [3.05, 3.63) is 29.6 Å². The van der Waals surface area contributed by atoms with Crippen molar-refractivity contribution >= 4 is 17.0 Å². The summed E-state index contributed by atoms with van der Waals surface area (Å²) in [5.74, 6) is 0.132. The first kappa shape index (κ1) is 12.6. The molecule has 0 spiro atoms. The molecule has 1 aromatic heterocycles. The summed E-state index contributed by atoms with van der Waals surface area (Å²) < 4.78 is 0. The predicted molar refractivity (Wildman–Crippen MR) is 70.8 cm³/mol. The van der Waals surface area contributed by atoms with Crippen molar-refractivity contribution < 1.29 is 9.90 Å². The van der Waals surface area contributed by atoms with Crippen LogP contribution in [-0.2, 0) is 16.6 Å². The number of rotatable bonds is 4. The van der Waals surface area contributed by atoms with Gasteiger partial charge in [-0.15, -0.1) is 0 Å². The van der Waals surface area contributed by atoms with Gasteiger partial charge in [0.05, 0.1) is 16.4 Å². The molecule has 0 aliphatic carbocycles. The molecular formula is C14H18N2O2. The van der Waals surface area contributed by atoms with Crippen molar-refractivity contribution in [2.45, 2.75) is 39.0 Å². The number of hydrogen-bond acceptors (Lipinski definition) is 2. The van der Waals surface area contributed by atoms with Gasteiger partial charge in [0.2, 0.25) is 0 Å². The van der Waals surface area contributed by atoms with Crippen LogP contribution in [0.4, 0.5) is 0 Å². The number of hydrogen-bond donors (Lipinski definition) is 2. The number of benzene rings is 1. The van der Waals surface area contributed by atoms with E-state index in [1.54, 1.807) is 13.8 Å². The van der Waals surface area contributed by atoms with E-state index in [1.165, 1.54) is 0 Å². The summed E-state index contributed by atoms with van der Waals surface area (Å²) in [6.45, 7) is 5.52. The van der Waals surface area contributed by atoms with E-state index in [1.807, 2.05) is 18.2 Å². The van der Waals surface area contributed by atoms with Crippen molar-refractivity contribution in [2.24, 2.45) is 0 Å². The zero-order valence-corrected chi connectivity index (χ0v) is 10.9. The number of fused-ring (bicyclic) bond motifs is 1. The van der Waals surface area contributed by atoms with Gasteiger partial charge in [0, 0.05) is 6.42 Å². The molecule has 0 atom stereocenters. The number of aryl methyl sites for hydroxylation is 1. The first-order valence-corrected chi connectivity index (χ1v) is 6.17. The molecule has 2 N–H and O–H groups in total. The van der Waals surface area contributed by atoms with E-state index in [4.69, 9.17) is 0 Å². The van der Waals surface area contributed by atoms with Crippen LogP contribution in [0.25, 0.3) is 11.0 Å². The highest BCUT2D eigenvalue weighted by Gasteiger charge is 2.29. The van der Waals surface area contributed by atoms with Crippen molar-refractivity contribution in [3.8, 4) is 0 Å². The van der Waals surface area contributed by atoms with Crippen molar-refractivity contribution in [1.29, 1.82) is 0 Å². The molecule has 0 amide bonds. The zero-order chi connectivity index (χ0) is 13.3. The molecule has 0 radical (unpaired) electrons. The fourth-order valence-corrected chi connectivity index (χ4v) is 1.93. The highest BCUT2D eigenvalue weighted by Crippen LogP contribution is 2.26. The number of carbonyl (C=O) groups is 1. The number of aromatic amines is 1. The van der Waals surface area contributed by atoms with E-state index >= 15 is 0 Å². The lowest BCUT2D eigenvalue weighted by Crippen LogP contribution is -2.28. The third-order valence-electron chi connectivity index (χ3n) is 3.27. The number of carboxylic acid groups (broad SMARTS) is 1. The Bertz CT molecular complexity index is 584. The highest BCUT2D eigenvalue weighted by atomic mass is 16.4. The van der Waals surface area contributed by atoms with Crippen LogP contribution in [0.2, 0.25) is 0 Å². The molecule has 0 aliphatic heterocycles. The Balaban J connectivity index is 2.47. The van der Waals surface area contributed by atoms with Gasteiger partial charge in [0.15, 0.2) is 0 Å². The quantitative estimate of drug-likeness (QED) is 0.871. The van der Waals surface area contributed by atoms with Gasteiger partial charge in [0.25, 0.3) is 0 Å². The number of nitrogens with zero attached hydrogens (tertiary/aromatic N) is 1. The molecule has 1 aromatic carbocycles. The zero-order valence-electron chi connectivity index (χ0n) is 10.9. The molecule has 2 rings (SSSR count). The third-order valence-corrected chi connectivity index (χ3v) is 3.27. The second-order valence-electron chi connectivity index (χ2n) is 5.10. The average Bonchev–Trinajstić information content (AvgIpc) is 2.70. The molecule has 0 bridgehead atoms. The Morgan fingerprint density at radius 1 is 1.44 bits per heavy atom. The summed E-state index contributed by atoms with van der Waals surface area (Å²) >= 11 is 0. The monoisotopic (exact) mass is 246 g/mol. The summed E-state index contributed by atoms with van der Waals surface area (Å²) in [4.78, 5) is 19.0. The van der Waals surface area contributed by atoms with E-state index in [9.17, 15) is 9.90 Å². The second kappa shape index (κ2) is 4.44. The van der Waals surface area contributed by atoms with Crippen LogP contribution in [0.1, 0.15) is 38.6 Å². The molecule has 4 nitrogen and oxygen atoms in total. The van der Waals surface area contributed by atoms with Crippen LogP contribution >= 0.6 is 0 Å². The maximum Gasteiger partial charge on any atom is 0.313 e. The van der Waals surface area contributed by atoms with Gasteiger partial charge in [0.1, 0.15) is 5.82 Å². The van der Waals surface area contributed by atoms with E-state index < -0.39 is 11.4 Å². The fraction of sp³-hybridized carbons (Fsp3) is 0.429. The summed E-state index contributed by atoms with van der Waals surface area (Å²) in [6, 6.07) is 5.60. The Kier molecular flexibility index (Phi) is 3.11. The standard InChI is InChI=1S/C14H18N2O2/c1-4-5-12-15-10-7-6-9(8-11(10)16-12)14(2,3)13(17)18/h6-8H,4-5H2,1-3H3,(H,15,16)(H,17,18). The van der Waals surface area contributed by atoms with E-state index in [0.29, 0.717) is 0 Å². The minimum atomic E-state index is -0.885. The van der Waals surface area contributed by atoms with E-state index in [2.05, 4.69) is 16.9 Å². The smallest absolute Gasteiger partial charge is 0.313 e. The Morgan fingerprint density at radius 3 is 2.78 bits per heavy atom. The number of carboxylic acids is 1. The van der Waals surface area contributed by atoms with Crippen LogP contribution in [0.15, 0.2) is 18.2 Å². The predicted octanol–water partition coefficient (Wildman–Crippen LogP) is 2.88. The molecule has 0 saturated carbocycles. The molecular weight excluding hydrogens is 228 g/mol. The lowest BCUT2D eigenvalue weighted by Gasteiger charge is -2.19. The Labute approximate surface area is 106 Å². The summed E-state index contributed by atoms with van der Waals surface area (Å²) in [7, 11) is 0. The SMILES string of the molecule is CCCc1nc2ccc(C(C)(C)C(=O)O)cc2[nH]1. The number of imidazole rings is 1. The van der Waals surface area contributed by atoms with Crippen molar-refractivity contribution in [2.75, 3.05) is 0 Å². The maximum absolute atomic E-state index is 11.2. The lowest BCUT2D eigenvalue weighted by molar-refractivity contribution is -0.142. The van der Waals surface area contributed by atoms with Crippen LogP contribution in [-0.4, -0.2) is 21.0 Å². The first-order valence-electron chi connectivity index (χ1n) is 6.17. The van der Waals surface area contributed by atoms with E-state index in [0.717, 1.165) is 35.3 Å². The Morgan fingerprint density at radius 2 is 2.17 bits per heavy atom. The molecule has 0 aliphatic rings. The average molecular weight is 246 g/mol. The van der Waals surface area contributed by atoms with E-state index in [-0.39, 0.29) is 0 Å². The van der Waals surface area contributed by atoms with Gasteiger partial charge in [-0.3, -0.25) is 4.79 Å². The summed E-state index contributed by atoms with van der Waals surface area (Å²) in [5.41, 5.74) is 1.70. The summed E-state index contributed by atoms with van der Waals surface area (Å²) in [6.07, 6.45) is 1.94. The minimum Gasteiger partial charge on any atom is -0.481 e. The van der Waals surface area contributed by atoms with Crippen LogP contribution in [0.3, 0.4) is 0 Å². The molecule has 2 aromatic rings. The molecule has 0 fully saturated rings. The minimum absolute atomic E-state index is 0.786. The largest absolute Gasteiger partial charge is 0.481 e. The van der Waals surface area contributed by atoms with Crippen LogP contribution in [0, 0.1) is 0 Å². The topological polar surface area (TPSA) is 66.0 Å². The third kappa shape index (κ3) is 2.10. The number of H-pyrrole nitrogens is 1. The molecule has 1 heterocycles. The van der Waals surface area contributed by atoms with Gasteiger partial charge in [-0.2, -0.15) is 0 Å². The molecule has 0 saturated heterocycles. The van der Waals surface area contributed by atoms with Gasteiger partial charge in [-0.25, -0.2) is 4.98 Å². The molecule has 18 heavy (non-hydrogen) atoms. The highest BCUT2D eigenvalue weighted by molar-refractivity contribution is 5.83. The summed E-state index contributed by atoms with van der Waals surface area (Å²) in [5, 5.41) is 9.23. The van der Waals surface area contributed by atoms with Gasteiger partial charge < -0.3 is 10.1 Å². The van der Waals surface area contributed by atoms with Gasteiger partial charge in [-0.05, 0) is 38.0 Å². The Hall–Kier alpha value is -1.84. The normalized spacial score (nSPS) is 11.9. The van der Waals surface area contributed by atoms with Gasteiger partial charge >= 0.3 is 5.97 Å². The number of aliphatic carboxylic acids is 1. The van der Waals surface area contributed by atoms with Crippen LogP contribution in [0.5, 0.6) is 0 Å². The maximum atomic E-state index is 11.2. The van der Waals surface area contributed by atoms with Crippen molar-refractivity contribution in [3.63, 3.8) is 0 Å². The molecule has 96 valence electrons. The molecule has 4 heteroatoms. The first-order chi connectivity index (χ1) is 8.45. The lowest BCUT2D eigenvalue weighted by atomic mass is 9.85. The number of aromatic nitrogens is 2.